The van der Waals surface area contributed by atoms with E-state index < -0.39 is 0 Å². The normalized spacial score (nSPS) is 19.4. The van der Waals surface area contributed by atoms with E-state index in [2.05, 4.69) is 29.4 Å². The minimum absolute atomic E-state index is 0.0888. The first kappa shape index (κ1) is 18.2. The Hall–Kier alpha value is -1.55. The van der Waals surface area contributed by atoms with Gasteiger partial charge in [-0.2, -0.15) is 0 Å². The second kappa shape index (κ2) is 8.22. The molecule has 0 aliphatic carbocycles. The van der Waals surface area contributed by atoms with Gasteiger partial charge in [0.1, 0.15) is 0 Å². The highest BCUT2D eigenvalue weighted by atomic mass is 35.5. The number of likely N-dealkylation sites (tertiary alicyclic amines) is 1. The van der Waals surface area contributed by atoms with Crippen molar-refractivity contribution >= 4 is 29.1 Å². The monoisotopic (exact) mass is 376 g/mol. The van der Waals surface area contributed by atoms with E-state index in [9.17, 15) is 4.79 Å². The van der Waals surface area contributed by atoms with Gasteiger partial charge in [-0.15, -0.1) is 0 Å². The Balaban J connectivity index is 1.89. The number of halogens is 2. The van der Waals surface area contributed by atoms with Crippen LogP contribution in [-0.4, -0.2) is 30.4 Å². The fourth-order valence-electron chi connectivity index (χ4n) is 3.48. The van der Waals surface area contributed by atoms with Crippen molar-refractivity contribution in [2.24, 2.45) is 0 Å². The highest BCUT2D eigenvalue weighted by Crippen LogP contribution is 2.30. The maximum atomic E-state index is 12.9. The van der Waals surface area contributed by atoms with E-state index in [4.69, 9.17) is 23.2 Å². The van der Waals surface area contributed by atoms with Crippen molar-refractivity contribution in [1.29, 1.82) is 0 Å². The number of likely N-dealkylation sites (N-methyl/N-ethyl adjacent to an activating group) is 1. The summed E-state index contributed by atoms with van der Waals surface area (Å²) in [6, 6.07) is 15.4. The molecule has 1 N–H and O–H groups in total. The topological polar surface area (TPSA) is 32.3 Å². The lowest BCUT2D eigenvalue weighted by Crippen LogP contribution is -2.47. The highest BCUT2D eigenvalue weighted by Gasteiger charge is 2.30. The lowest BCUT2D eigenvalue weighted by atomic mass is 9.91. The van der Waals surface area contributed by atoms with Crippen LogP contribution in [0.4, 0.5) is 0 Å². The number of nitrogens with one attached hydrogen (secondary N) is 1. The van der Waals surface area contributed by atoms with Gasteiger partial charge >= 0.3 is 0 Å². The van der Waals surface area contributed by atoms with Crippen LogP contribution in [0.25, 0.3) is 0 Å². The third-order valence-corrected chi connectivity index (χ3v) is 5.67. The quantitative estimate of drug-likeness (QED) is 0.818. The molecule has 0 spiro atoms. The molecule has 25 heavy (non-hydrogen) atoms. The molecule has 132 valence electrons. The highest BCUT2D eigenvalue weighted by molar-refractivity contribution is 6.43. The maximum absolute atomic E-state index is 12.9. The third-order valence-electron chi connectivity index (χ3n) is 4.85. The van der Waals surface area contributed by atoms with E-state index in [0.717, 1.165) is 18.5 Å². The smallest absolute Gasteiger partial charge is 0.253 e. The fourth-order valence-corrected chi connectivity index (χ4v) is 3.87. The molecule has 1 saturated heterocycles. The molecule has 5 heteroatoms. The molecule has 2 aromatic carbocycles. The summed E-state index contributed by atoms with van der Waals surface area (Å²) in [6.07, 6.45) is 3.42. The van der Waals surface area contributed by atoms with Crippen LogP contribution in [0.5, 0.6) is 0 Å². The summed E-state index contributed by atoms with van der Waals surface area (Å²) >= 11 is 12.3. The molecular weight excluding hydrogens is 355 g/mol. The molecular formula is C20H22Cl2N2O. The van der Waals surface area contributed by atoms with Crippen molar-refractivity contribution in [3.05, 3.63) is 69.7 Å². The molecule has 1 heterocycles. The summed E-state index contributed by atoms with van der Waals surface area (Å²) in [5, 5.41) is 3.88. The molecule has 0 saturated carbocycles. The minimum Gasteiger partial charge on any atom is -0.344 e. The lowest BCUT2D eigenvalue weighted by molar-refractivity contribution is 0.0871. The van der Waals surface area contributed by atoms with Crippen molar-refractivity contribution in [2.75, 3.05) is 13.6 Å². The standard InChI is InChI=1S/C20H22Cl2N2O/c1-24-13-6-5-12-17(24)19(14-8-3-2-4-9-14)23-20(25)15-10-7-11-16(21)18(15)22/h2-4,7-11,17,19H,5-6,12-13H2,1H3,(H,23,25)/t17?,19-/m0/s1. The zero-order valence-electron chi connectivity index (χ0n) is 14.2. The molecule has 2 atom stereocenters. The Morgan fingerprint density at radius 3 is 2.60 bits per heavy atom. The Morgan fingerprint density at radius 2 is 1.88 bits per heavy atom. The Morgan fingerprint density at radius 1 is 1.12 bits per heavy atom. The largest absolute Gasteiger partial charge is 0.344 e. The van der Waals surface area contributed by atoms with Gasteiger partial charge in [0.2, 0.25) is 0 Å². The zero-order valence-corrected chi connectivity index (χ0v) is 15.7. The minimum atomic E-state index is -0.194. The van der Waals surface area contributed by atoms with Gasteiger partial charge in [-0.1, -0.05) is 66.0 Å². The average molecular weight is 377 g/mol. The number of piperidine rings is 1. The van der Waals surface area contributed by atoms with Gasteiger partial charge in [0, 0.05) is 6.04 Å². The van der Waals surface area contributed by atoms with Crippen LogP contribution in [0.1, 0.15) is 41.2 Å². The van der Waals surface area contributed by atoms with Gasteiger partial charge in [-0.05, 0) is 44.1 Å². The molecule has 0 aromatic heterocycles. The van der Waals surface area contributed by atoms with E-state index in [1.165, 1.54) is 12.8 Å². The Bertz CT molecular complexity index is 736. The maximum Gasteiger partial charge on any atom is 0.253 e. The van der Waals surface area contributed by atoms with Gasteiger partial charge in [0.15, 0.2) is 0 Å². The summed E-state index contributed by atoms with van der Waals surface area (Å²) < 4.78 is 0. The van der Waals surface area contributed by atoms with E-state index in [-0.39, 0.29) is 18.0 Å². The van der Waals surface area contributed by atoms with E-state index in [1.54, 1.807) is 18.2 Å². The molecule has 1 aliphatic rings. The summed E-state index contributed by atoms with van der Waals surface area (Å²) in [7, 11) is 2.12. The number of amides is 1. The van der Waals surface area contributed by atoms with Crippen LogP contribution in [0.3, 0.4) is 0 Å². The Kier molecular flexibility index (Phi) is 6.00. The molecule has 1 fully saturated rings. The number of hydrogen-bond acceptors (Lipinski definition) is 2. The van der Waals surface area contributed by atoms with Crippen LogP contribution in [-0.2, 0) is 0 Å². The summed E-state index contributed by atoms with van der Waals surface area (Å²) in [4.78, 5) is 15.2. The summed E-state index contributed by atoms with van der Waals surface area (Å²) in [5.74, 6) is -0.194. The number of nitrogens with zero attached hydrogens (tertiary/aromatic N) is 1. The van der Waals surface area contributed by atoms with Crippen molar-refractivity contribution in [2.45, 2.75) is 31.3 Å². The number of benzene rings is 2. The first-order valence-electron chi connectivity index (χ1n) is 8.58. The lowest BCUT2D eigenvalue weighted by Gasteiger charge is -2.38. The number of rotatable bonds is 4. The number of carbonyl (C=O) groups is 1. The number of hydrogen-bond donors (Lipinski definition) is 1. The SMILES string of the molecule is CN1CCCCC1[C@@H](NC(=O)c1cccc(Cl)c1Cl)c1ccccc1. The molecule has 3 nitrogen and oxygen atoms in total. The van der Waals surface area contributed by atoms with Gasteiger partial charge in [0.25, 0.3) is 5.91 Å². The molecule has 1 amide bonds. The first-order valence-corrected chi connectivity index (χ1v) is 9.33. The zero-order chi connectivity index (χ0) is 17.8. The van der Waals surface area contributed by atoms with Gasteiger partial charge in [-0.3, -0.25) is 4.79 Å². The van der Waals surface area contributed by atoms with Crippen LogP contribution >= 0.6 is 23.2 Å². The van der Waals surface area contributed by atoms with Crippen LogP contribution in [0.15, 0.2) is 48.5 Å². The van der Waals surface area contributed by atoms with Crippen molar-refractivity contribution in [1.82, 2.24) is 10.2 Å². The third kappa shape index (κ3) is 4.17. The average Bonchev–Trinajstić information content (AvgIpc) is 2.63. The van der Waals surface area contributed by atoms with Crippen molar-refractivity contribution < 1.29 is 4.79 Å². The summed E-state index contributed by atoms with van der Waals surface area (Å²) in [6.45, 7) is 1.04. The van der Waals surface area contributed by atoms with Crippen LogP contribution < -0.4 is 5.32 Å². The fraction of sp³-hybridized carbons (Fsp3) is 0.350. The summed E-state index contributed by atoms with van der Waals surface area (Å²) in [5.41, 5.74) is 1.52. The van der Waals surface area contributed by atoms with Crippen molar-refractivity contribution in [3.63, 3.8) is 0 Å². The Labute approximate surface area is 158 Å². The molecule has 3 rings (SSSR count). The van der Waals surface area contributed by atoms with Crippen molar-refractivity contribution in [3.8, 4) is 0 Å². The molecule has 0 bridgehead atoms. The van der Waals surface area contributed by atoms with Gasteiger partial charge < -0.3 is 10.2 Å². The van der Waals surface area contributed by atoms with Gasteiger partial charge in [-0.25, -0.2) is 0 Å². The predicted octanol–water partition coefficient (Wildman–Crippen LogP) is 4.95. The van der Waals surface area contributed by atoms with E-state index >= 15 is 0 Å². The van der Waals surface area contributed by atoms with Crippen LogP contribution in [0, 0.1) is 0 Å². The predicted molar refractivity (Wildman–Crippen MR) is 103 cm³/mol. The van der Waals surface area contributed by atoms with E-state index in [1.807, 2.05) is 18.2 Å². The van der Waals surface area contributed by atoms with Crippen LogP contribution in [0.2, 0.25) is 10.0 Å². The second-order valence-electron chi connectivity index (χ2n) is 6.51. The first-order chi connectivity index (χ1) is 12.1. The van der Waals surface area contributed by atoms with Gasteiger partial charge in [0.05, 0.1) is 21.7 Å². The molecule has 1 unspecified atom stereocenters. The molecule has 0 radical (unpaired) electrons. The second-order valence-corrected chi connectivity index (χ2v) is 7.29. The molecule has 1 aliphatic heterocycles. The molecule has 2 aromatic rings. The van der Waals surface area contributed by atoms with E-state index in [0.29, 0.717) is 15.6 Å². The number of carbonyl (C=O) groups excluding carboxylic acids is 1.